The van der Waals surface area contributed by atoms with E-state index in [1.165, 1.54) is 0 Å². The molecule has 1 aliphatic rings. The topological polar surface area (TPSA) is 81.7 Å². The number of aromatic nitrogens is 5. The molecule has 3 aromatic rings. The predicted molar refractivity (Wildman–Crippen MR) is 87.8 cm³/mol. The third-order valence-electron chi connectivity index (χ3n) is 4.74. The molecule has 7 nitrogen and oxygen atoms in total. The molecule has 1 aliphatic carbocycles. The van der Waals surface area contributed by atoms with Gasteiger partial charge in [0.25, 0.3) is 0 Å². The van der Waals surface area contributed by atoms with Crippen LogP contribution in [-0.4, -0.2) is 24.9 Å². The van der Waals surface area contributed by atoms with Gasteiger partial charge in [0, 0.05) is 19.5 Å². The van der Waals surface area contributed by atoms with Crippen LogP contribution in [0, 0.1) is 6.92 Å². The van der Waals surface area contributed by atoms with Crippen molar-refractivity contribution < 1.29 is 4.52 Å². The lowest BCUT2D eigenvalue weighted by molar-refractivity contribution is 0.163. The van der Waals surface area contributed by atoms with E-state index in [1.54, 1.807) is 0 Å². The molecule has 0 atom stereocenters. The maximum atomic E-state index is 5.15. The first-order valence-electron chi connectivity index (χ1n) is 8.17. The van der Waals surface area contributed by atoms with Crippen molar-refractivity contribution in [2.45, 2.75) is 38.3 Å². The first-order valence-corrected chi connectivity index (χ1v) is 8.17. The summed E-state index contributed by atoms with van der Waals surface area (Å²) >= 11 is 0. The Morgan fingerprint density at radius 2 is 2.00 bits per heavy atom. The molecule has 0 bridgehead atoms. The number of nitrogens with one attached hydrogen (secondary N) is 1. The lowest BCUT2D eigenvalue weighted by Crippen LogP contribution is -2.48. The Hall–Kier alpha value is -2.54. The van der Waals surface area contributed by atoms with Gasteiger partial charge >= 0.3 is 0 Å². The van der Waals surface area contributed by atoms with Crippen LogP contribution in [0.4, 0.5) is 0 Å². The van der Waals surface area contributed by atoms with E-state index in [0.717, 1.165) is 42.3 Å². The third-order valence-corrected chi connectivity index (χ3v) is 4.74. The van der Waals surface area contributed by atoms with Crippen molar-refractivity contribution in [2.75, 3.05) is 0 Å². The Labute approximate surface area is 140 Å². The van der Waals surface area contributed by atoms with E-state index in [0.29, 0.717) is 12.4 Å². The standard InChI is InChI=1S/C17H20N6O/c1-12-19-16(22-24-12)17(9-6-10-17)18-11-14-20-21-15(23(14)2)13-7-4-3-5-8-13/h3-5,7-8,18H,6,9-11H2,1-2H3. The summed E-state index contributed by atoms with van der Waals surface area (Å²) in [6.07, 6.45) is 3.18. The molecule has 2 heterocycles. The lowest BCUT2D eigenvalue weighted by Gasteiger charge is -2.39. The largest absolute Gasteiger partial charge is 0.340 e. The van der Waals surface area contributed by atoms with Crippen LogP contribution in [-0.2, 0) is 19.1 Å². The zero-order valence-electron chi connectivity index (χ0n) is 13.9. The minimum Gasteiger partial charge on any atom is -0.340 e. The number of nitrogens with zero attached hydrogens (tertiary/aromatic N) is 5. The second-order valence-corrected chi connectivity index (χ2v) is 6.29. The van der Waals surface area contributed by atoms with Gasteiger partial charge in [-0.05, 0) is 19.3 Å². The fourth-order valence-electron chi connectivity index (χ4n) is 3.11. The van der Waals surface area contributed by atoms with Gasteiger partial charge in [0.2, 0.25) is 5.89 Å². The van der Waals surface area contributed by atoms with Crippen molar-refractivity contribution in [3.63, 3.8) is 0 Å². The van der Waals surface area contributed by atoms with E-state index >= 15 is 0 Å². The Morgan fingerprint density at radius 1 is 1.21 bits per heavy atom. The van der Waals surface area contributed by atoms with E-state index in [2.05, 4.69) is 25.7 Å². The van der Waals surface area contributed by atoms with Crippen LogP contribution in [0.25, 0.3) is 11.4 Å². The Balaban J connectivity index is 1.53. The molecule has 1 fully saturated rings. The van der Waals surface area contributed by atoms with Gasteiger partial charge in [-0.15, -0.1) is 10.2 Å². The molecule has 0 aliphatic heterocycles. The van der Waals surface area contributed by atoms with Crippen molar-refractivity contribution in [1.82, 2.24) is 30.2 Å². The van der Waals surface area contributed by atoms with Gasteiger partial charge in [0.15, 0.2) is 11.6 Å². The zero-order chi connectivity index (χ0) is 16.6. The third kappa shape index (κ3) is 2.50. The summed E-state index contributed by atoms with van der Waals surface area (Å²) < 4.78 is 7.17. The molecule has 0 radical (unpaired) electrons. The lowest BCUT2D eigenvalue weighted by atomic mass is 9.76. The molecular weight excluding hydrogens is 304 g/mol. The summed E-state index contributed by atoms with van der Waals surface area (Å²) in [5.74, 6) is 3.10. The number of hydrogen-bond acceptors (Lipinski definition) is 6. The highest BCUT2D eigenvalue weighted by molar-refractivity contribution is 5.54. The SMILES string of the molecule is Cc1nc(C2(NCc3nnc(-c4ccccc4)n3C)CCC2)no1. The van der Waals surface area contributed by atoms with Crippen LogP contribution in [0.15, 0.2) is 34.9 Å². The van der Waals surface area contributed by atoms with Gasteiger partial charge in [0.1, 0.15) is 5.82 Å². The molecule has 0 amide bonds. The van der Waals surface area contributed by atoms with Gasteiger partial charge in [-0.25, -0.2) is 0 Å². The van der Waals surface area contributed by atoms with E-state index in [-0.39, 0.29) is 5.54 Å². The maximum absolute atomic E-state index is 5.15. The van der Waals surface area contributed by atoms with Crippen molar-refractivity contribution in [2.24, 2.45) is 7.05 Å². The van der Waals surface area contributed by atoms with Gasteiger partial charge in [0.05, 0.1) is 12.1 Å². The highest BCUT2D eigenvalue weighted by atomic mass is 16.5. The minimum absolute atomic E-state index is 0.198. The average molecular weight is 324 g/mol. The first-order chi connectivity index (χ1) is 11.7. The highest BCUT2D eigenvalue weighted by Gasteiger charge is 2.42. The Kier molecular flexibility index (Phi) is 3.65. The molecule has 1 saturated carbocycles. The van der Waals surface area contributed by atoms with Crippen LogP contribution in [0.5, 0.6) is 0 Å². The van der Waals surface area contributed by atoms with Crippen molar-refractivity contribution >= 4 is 0 Å². The molecular formula is C17H20N6O. The molecule has 1 N–H and O–H groups in total. The summed E-state index contributed by atoms with van der Waals surface area (Å²) in [5.41, 5.74) is 0.863. The monoisotopic (exact) mass is 324 g/mol. The first kappa shape index (κ1) is 15.0. The number of benzene rings is 1. The van der Waals surface area contributed by atoms with Crippen LogP contribution in [0.2, 0.25) is 0 Å². The summed E-state index contributed by atoms with van der Waals surface area (Å²) in [6.45, 7) is 2.43. The second kappa shape index (κ2) is 5.83. The molecule has 2 aromatic heterocycles. The van der Waals surface area contributed by atoms with Crippen molar-refractivity contribution in [3.05, 3.63) is 47.9 Å². The molecule has 24 heavy (non-hydrogen) atoms. The number of hydrogen-bond donors (Lipinski definition) is 1. The normalized spacial score (nSPS) is 16.1. The van der Waals surface area contributed by atoms with Crippen LogP contribution < -0.4 is 5.32 Å². The highest BCUT2D eigenvalue weighted by Crippen LogP contribution is 2.40. The second-order valence-electron chi connectivity index (χ2n) is 6.29. The van der Waals surface area contributed by atoms with E-state index in [1.807, 2.05) is 48.9 Å². The summed E-state index contributed by atoms with van der Waals surface area (Å²) in [6, 6.07) is 10.1. The quantitative estimate of drug-likeness (QED) is 0.776. The molecule has 0 spiro atoms. The van der Waals surface area contributed by atoms with Crippen molar-refractivity contribution in [3.8, 4) is 11.4 Å². The fraction of sp³-hybridized carbons (Fsp3) is 0.412. The summed E-state index contributed by atoms with van der Waals surface area (Å²) in [4.78, 5) is 4.41. The number of rotatable bonds is 5. The van der Waals surface area contributed by atoms with E-state index in [4.69, 9.17) is 4.52 Å². The molecule has 4 rings (SSSR count). The molecule has 7 heteroatoms. The smallest absolute Gasteiger partial charge is 0.223 e. The average Bonchev–Trinajstić information content (AvgIpc) is 3.14. The van der Waals surface area contributed by atoms with Crippen molar-refractivity contribution in [1.29, 1.82) is 0 Å². The summed E-state index contributed by atoms with van der Waals surface area (Å²) in [7, 11) is 1.99. The van der Waals surface area contributed by atoms with Gasteiger partial charge < -0.3 is 9.09 Å². The molecule has 124 valence electrons. The minimum atomic E-state index is -0.198. The van der Waals surface area contributed by atoms with Gasteiger partial charge in [-0.2, -0.15) is 4.98 Å². The van der Waals surface area contributed by atoms with Crippen LogP contribution in [0.3, 0.4) is 0 Å². The van der Waals surface area contributed by atoms with Crippen LogP contribution in [0.1, 0.15) is 36.8 Å². The zero-order valence-corrected chi connectivity index (χ0v) is 13.9. The molecule has 0 saturated heterocycles. The van der Waals surface area contributed by atoms with Gasteiger partial charge in [-0.1, -0.05) is 35.5 Å². The molecule has 0 unspecified atom stereocenters. The predicted octanol–water partition coefficient (Wildman–Crippen LogP) is 2.34. The van der Waals surface area contributed by atoms with E-state index < -0.39 is 0 Å². The Bertz CT molecular complexity index is 834. The molecule has 1 aromatic carbocycles. The fourth-order valence-corrected chi connectivity index (χ4v) is 3.11. The number of aryl methyl sites for hydroxylation is 1. The van der Waals surface area contributed by atoms with Gasteiger partial charge in [-0.3, -0.25) is 5.32 Å². The van der Waals surface area contributed by atoms with Crippen LogP contribution >= 0.6 is 0 Å². The van der Waals surface area contributed by atoms with E-state index in [9.17, 15) is 0 Å². The Morgan fingerprint density at radius 3 is 2.62 bits per heavy atom. The maximum Gasteiger partial charge on any atom is 0.223 e. The summed E-state index contributed by atoms with van der Waals surface area (Å²) in [5, 5.41) is 16.4.